The van der Waals surface area contributed by atoms with Crippen molar-refractivity contribution in [3.8, 4) is 5.75 Å². The van der Waals surface area contributed by atoms with Crippen LogP contribution in [0.15, 0.2) is 41.4 Å². The maximum Gasteiger partial charge on any atom is 0.501 e. The molecule has 1 fully saturated rings. The number of alkyl halides is 3. The Labute approximate surface area is 170 Å². The number of rotatable bonds is 5. The Bertz CT molecular complexity index is 1040. The SMILES string of the molecule is COc1ccc(S(=O)(=O)C(F)(F)F)cc1NC(=O)c1cccnc1N1CCOCC1. The lowest BCUT2D eigenvalue weighted by atomic mass is 10.2. The number of nitrogens with zero attached hydrogens (tertiary/aromatic N) is 2. The van der Waals surface area contributed by atoms with E-state index in [1.807, 2.05) is 4.90 Å². The number of ether oxygens (including phenoxy) is 2. The highest BCUT2D eigenvalue weighted by molar-refractivity contribution is 7.92. The van der Waals surface area contributed by atoms with Gasteiger partial charge in [-0.15, -0.1) is 0 Å². The number of pyridine rings is 1. The van der Waals surface area contributed by atoms with Crippen molar-refractivity contribution in [2.24, 2.45) is 0 Å². The molecule has 0 atom stereocenters. The van der Waals surface area contributed by atoms with Crippen molar-refractivity contribution in [3.63, 3.8) is 0 Å². The number of halogens is 3. The summed E-state index contributed by atoms with van der Waals surface area (Å²) in [5.74, 6) is -0.290. The van der Waals surface area contributed by atoms with Crippen molar-refractivity contribution in [2.75, 3.05) is 43.6 Å². The maximum absolute atomic E-state index is 12.9. The molecular weight excluding hydrogens is 427 g/mol. The number of nitrogens with one attached hydrogen (secondary N) is 1. The van der Waals surface area contributed by atoms with E-state index in [2.05, 4.69) is 10.3 Å². The number of hydrogen-bond acceptors (Lipinski definition) is 7. The second-order valence-corrected chi connectivity index (χ2v) is 8.18. The van der Waals surface area contributed by atoms with E-state index in [9.17, 15) is 26.4 Å². The summed E-state index contributed by atoms with van der Waals surface area (Å²) in [6.45, 7) is 1.95. The topological polar surface area (TPSA) is 97.8 Å². The van der Waals surface area contributed by atoms with Crippen molar-refractivity contribution in [1.82, 2.24) is 4.98 Å². The Morgan fingerprint density at radius 2 is 1.93 bits per heavy atom. The average molecular weight is 445 g/mol. The van der Waals surface area contributed by atoms with Crippen LogP contribution in [0.3, 0.4) is 0 Å². The van der Waals surface area contributed by atoms with Gasteiger partial charge >= 0.3 is 5.51 Å². The number of morpholine rings is 1. The molecule has 0 aliphatic carbocycles. The summed E-state index contributed by atoms with van der Waals surface area (Å²) < 4.78 is 72.4. The molecule has 12 heteroatoms. The predicted molar refractivity (Wildman–Crippen MR) is 101 cm³/mol. The minimum atomic E-state index is -5.59. The zero-order chi connectivity index (χ0) is 21.9. The highest BCUT2D eigenvalue weighted by Gasteiger charge is 2.47. The molecule has 0 unspecified atom stereocenters. The van der Waals surface area contributed by atoms with Gasteiger partial charge in [0, 0.05) is 19.3 Å². The fraction of sp³-hybridized carbons (Fsp3) is 0.333. The van der Waals surface area contributed by atoms with E-state index in [-0.39, 0.29) is 17.0 Å². The summed E-state index contributed by atoms with van der Waals surface area (Å²) in [6.07, 6.45) is 1.51. The van der Waals surface area contributed by atoms with E-state index in [0.29, 0.717) is 38.2 Å². The smallest absolute Gasteiger partial charge is 0.495 e. The standard InChI is InChI=1S/C18H18F3N3O5S/c1-28-15-5-4-12(30(26,27)18(19,20)21)11-14(15)23-17(25)13-3-2-6-22-16(13)24-7-9-29-10-8-24/h2-6,11H,7-10H2,1H3,(H,23,25). The van der Waals surface area contributed by atoms with Crippen LogP contribution in [0, 0.1) is 0 Å². The Kier molecular flexibility index (Phi) is 6.17. The van der Waals surface area contributed by atoms with E-state index in [4.69, 9.17) is 9.47 Å². The Morgan fingerprint density at radius 3 is 2.57 bits per heavy atom. The number of benzene rings is 1. The molecule has 8 nitrogen and oxygen atoms in total. The number of hydrogen-bond donors (Lipinski definition) is 1. The number of methoxy groups -OCH3 is 1. The molecule has 0 bridgehead atoms. The minimum absolute atomic E-state index is 0.00119. The molecule has 30 heavy (non-hydrogen) atoms. The first-order chi connectivity index (χ1) is 14.1. The van der Waals surface area contributed by atoms with Gasteiger partial charge in [0.15, 0.2) is 0 Å². The second-order valence-electron chi connectivity index (χ2n) is 6.24. The van der Waals surface area contributed by atoms with Crippen LogP contribution in [-0.2, 0) is 14.6 Å². The summed E-state index contributed by atoms with van der Waals surface area (Å²) in [4.78, 5) is 17.9. The van der Waals surface area contributed by atoms with Crippen molar-refractivity contribution in [3.05, 3.63) is 42.1 Å². The molecule has 0 spiro atoms. The quantitative estimate of drug-likeness (QED) is 0.755. The van der Waals surface area contributed by atoms with E-state index >= 15 is 0 Å². The number of carbonyl (C=O) groups is 1. The van der Waals surface area contributed by atoms with Gasteiger partial charge < -0.3 is 19.7 Å². The molecule has 3 rings (SSSR count). The lowest BCUT2D eigenvalue weighted by Gasteiger charge is -2.29. The highest BCUT2D eigenvalue weighted by Crippen LogP contribution is 2.35. The Morgan fingerprint density at radius 1 is 1.23 bits per heavy atom. The summed E-state index contributed by atoms with van der Waals surface area (Å²) in [7, 11) is -4.35. The first kappa shape index (κ1) is 21.8. The van der Waals surface area contributed by atoms with Crippen LogP contribution in [0.2, 0.25) is 0 Å². The van der Waals surface area contributed by atoms with E-state index < -0.39 is 26.1 Å². The third kappa shape index (κ3) is 4.33. The number of carbonyl (C=O) groups excluding carboxylic acids is 1. The monoisotopic (exact) mass is 445 g/mol. The number of anilines is 2. The highest BCUT2D eigenvalue weighted by atomic mass is 32.2. The fourth-order valence-electron chi connectivity index (χ4n) is 2.88. The van der Waals surface area contributed by atoms with Gasteiger partial charge in [0.05, 0.1) is 36.5 Å². The molecule has 2 aromatic rings. The average Bonchev–Trinajstić information content (AvgIpc) is 2.73. The zero-order valence-electron chi connectivity index (χ0n) is 15.8. The van der Waals surface area contributed by atoms with Crippen molar-refractivity contribution in [2.45, 2.75) is 10.4 Å². The summed E-state index contributed by atoms with van der Waals surface area (Å²) in [5.41, 5.74) is -5.52. The third-order valence-electron chi connectivity index (χ3n) is 4.38. The maximum atomic E-state index is 12.9. The van der Waals surface area contributed by atoms with E-state index in [1.165, 1.54) is 19.4 Å². The van der Waals surface area contributed by atoms with Gasteiger partial charge in [-0.3, -0.25) is 4.79 Å². The molecular formula is C18H18F3N3O5S. The van der Waals surface area contributed by atoms with Gasteiger partial charge in [0.2, 0.25) is 0 Å². The molecule has 162 valence electrons. The van der Waals surface area contributed by atoms with Gasteiger partial charge in [-0.2, -0.15) is 13.2 Å². The lowest BCUT2D eigenvalue weighted by molar-refractivity contribution is -0.0436. The van der Waals surface area contributed by atoms with Crippen LogP contribution in [0.5, 0.6) is 5.75 Å². The molecule has 1 aliphatic heterocycles. The van der Waals surface area contributed by atoms with Gasteiger partial charge in [-0.05, 0) is 30.3 Å². The molecule has 1 aliphatic rings. The lowest BCUT2D eigenvalue weighted by Crippen LogP contribution is -2.38. The molecule has 1 aromatic carbocycles. The van der Waals surface area contributed by atoms with Crippen LogP contribution < -0.4 is 15.0 Å². The Hall–Kier alpha value is -2.86. The third-order valence-corrected chi connectivity index (χ3v) is 5.86. The van der Waals surface area contributed by atoms with Crippen molar-refractivity contribution >= 4 is 27.2 Å². The van der Waals surface area contributed by atoms with Gasteiger partial charge in [-0.1, -0.05) is 0 Å². The molecule has 1 amide bonds. The van der Waals surface area contributed by atoms with Crippen LogP contribution in [-0.4, -0.2) is 58.2 Å². The molecule has 1 saturated heterocycles. The summed E-state index contributed by atoms with van der Waals surface area (Å²) >= 11 is 0. The van der Waals surface area contributed by atoms with Crippen LogP contribution in [0.25, 0.3) is 0 Å². The first-order valence-corrected chi connectivity index (χ1v) is 10.2. The molecule has 1 N–H and O–H groups in total. The summed E-state index contributed by atoms with van der Waals surface area (Å²) in [6, 6.07) is 5.57. The van der Waals surface area contributed by atoms with Crippen molar-refractivity contribution in [1.29, 1.82) is 0 Å². The van der Waals surface area contributed by atoms with Crippen LogP contribution in [0.1, 0.15) is 10.4 Å². The number of amides is 1. The molecule has 2 heterocycles. The van der Waals surface area contributed by atoms with Crippen molar-refractivity contribution < 1.29 is 35.9 Å². The van der Waals surface area contributed by atoms with E-state index in [0.717, 1.165) is 12.1 Å². The zero-order valence-corrected chi connectivity index (χ0v) is 16.6. The minimum Gasteiger partial charge on any atom is -0.495 e. The van der Waals surface area contributed by atoms with Gasteiger partial charge in [-0.25, -0.2) is 13.4 Å². The fourth-order valence-corrected chi connectivity index (χ4v) is 3.66. The molecule has 0 radical (unpaired) electrons. The molecule has 1 aromatic heterocycles. The summed E-state index contributed by atoms with van der Waals surface area (Å²) in [5, 5.41) is 2.43. The normalized spacial score (nSPS) is 15.0. The largest absolute Gasteiger partial charge is 0.501 e. The molecule has 0 saturated carbocycles. The first-order valence-electron chi connectivity index (χ1n) is 8.73. The predicted octanol–water partition coefficient (Wildman–Crippen LogP) is 2.47. The van der Waals surface area contributed by atoms with Gasteiger partial charge in [0.1, 0.15) is 11.6 Å². The van der Waals surface area contributed by atoms with Crippen LogP contribution in [0.4, 0.5) is 24.7 Å². The number of sulfone groups is 1. The van der Waals surface area contributed by atoms with Crippen LogP contribution >= 0.6 is 0 Å². The second kappa shape index (κ2) is 8.48. The van der Waals surface area contributed by atoms with E-state index in [1.54, 1.807) is 6.07 Å². The van der Waals surface area contributed by atoms with Gasteiger partial charge in [0.25, 0.3) is 15.7 Å². The number of aromatic nitrogens is 1. The Balaban J connectivity index is 1.95.